The molecule has 0 heterocycles. The van der Waals surface area contributed by atoms with Gasteiger partial charge < -0.3 is 21.3 Å². The second kappa shape index (κ2) is 11.6. The lowest BCUT2D eigenvalue weighted by Crippen LogP contribution is -2.42. The fourth-order valence-electron chi connectivity index (χ4n) is 1.63. The standard InChI is InChI=1S/C13H28N4O2/c1-3-5-8-16-13(19)17(10-6-4-2)11-7-9-15-12(14)18/h3-11H2,1-2H3,(H,16,19)(H3,14,15,18). The number of nitrogens with two attached hydrogens (primary N) is 1. The van der Waals surface area contributed by atoms with E-state index in [0.717, 1.165) is 38.8 Å². The molecule has 0 aromatic rings. The highest BCUT2D eigenvalue weighted by atomic mass is 16.2. The molecule has 6 heteroatoms. The van der Waals surface area contributed by atoms with Crippen LogP contribution >= 0.6 is 0 Å². The van der Waals surface area contributed by atoms with Crippen LogP contribution < -0.4 is 16.4 Å². The minimum absolute atomic E-state index is 0.0130. The Balaban J connectivity index is 3.98. The first-order valence-electron chi connectivity index (χ1n) is 7.17. The Morgan fingerprint density at radius 2 is 1.53 bits per heavy atom. The van der Waals surface area contributed by atoms with Crippen LogP contribution in [-0.4, -0.2) is 43.1 Å². The average Bonchev–Trinajstić information content (AvgIpc) is 2.37. The molecule has 0 rings (SSSR count). The van der Waals surface area contributed by atoms with Gasteiger partial charge >= 0.3 is 12.1 Å². The molecule has 0 saturated heterocycles. The van der Waals surface area contributed by atoms with E-state index in [0.29, 0.717) is 19.5 Å². The van der Waals surface area contributed by atoms with Crippen molar-refractivity contribution < 1.29 is 9.59 Å². The molecule has 0 aliphatic heterocycles. The van der Waals surface area contributed by atoms with Gasteiger partial charge in [0.05, 0.1) is 0 Å². The normalized spacial score (nSPS) is 10.0. The summed E-state index contributed by atoms with van der Waals surface area (Å²) in [6.07, 6.45) is 4.82. The number of primary amides is 1. The summed E-state index contributed by atoms with van der Waals surface area (Å²) in [6.45, 7) is 6.80. The van der Waals surface area contributed by atoms with Crippen LogP contribution in [0.2, 0.25) is 0 Å². The van der Waals surface area contributed by atoms with Gasteiger partial charge in [0.1, 0.15) is 0 Å². The first kappa shape index (κ1) is 17.5. The van der Waals surface area contributed by atoms with Crippen molar-refractivity contribution in [2.75, 3.05) is 26.2 Å². The van der Waals surface area contributed by atoms with E-state index in [4.69, 9.17) is 5.73 Å². The molecule has 0 saturated carbocycles. The van der Waals surface area contributed by atoms with Crippen molar-refractivity contribution in [2.45, 2.75) is 46.0 Å². The van der Waals surface area contributed by atoms with E-state index in [2.05, 4.69) is 24.5 Å². The summed E-state index contributed by atoms with van der Waals surface area (Å²) >= 11 is 0. The van der Waals surface area contributed by atoms with Crippen molar-refractivity contribution >= 4 is 12.1 Å². The van der Waals surface area contributed by atoms with Crippen molar-refractivity contribution in [1.82, 2.24) is 15.5 Å². The van der Waals surface area contributed by atoms with E-state index >= 15 is 0 Å². The maximum Gasteiger partial charge on any atom is 0.317 e. The highest BCUT2D eigenvalue weighted by molar-refractivity contribution is 5.74. The fourth-order valence-corrected chi connectivity index (χ4v) is 1.63. The predicted octanol–water partition coefficient (Wildman–Crippen LogP) is 1.66. The number of rotatable bonds is 10. The molecule has 0 spiro atoms. The number of amides is 4. The Bertz CT molecular complexity index is 259. The molecule has 19 heavy (non-hydrogen) atoms. The second-order valence-corrected chi connectivity index (χ2v) is 4.57. The lowest BCUT2D eigenvalue weighted by molar-refractivity contribution is 0.196. The van der Waals surface area contributed by atoms with Crippen LogP contribution in [0.1, 0.15) is 46.0 Å². The first-order valence-corrected chi connectivity index (χ1v) is 7.17. The third-order valence-electron chi connectivity index (χ3n) is 2.78. The minimum Gasteiger partial charge on any atom is -0.352 e. The van der Waals surface area contributed by atoms with Gasteiger partial charge in [-0.2, -0.15) is 0 Å². The second-order valence-electron chi connectivity index (χ2n) is 4.57. The summed E-state index contributed by atoms with van der Waals surface area (Å²) in [5.41, 5.74) is 4.99. The summed E-state index contributed by atoms with van der Waals surface area (Å²) in [6, 6.07) is -0.534. The topological polar surface area (TPSA) is 87.5 Å². The van der Waals surface area contributed by atoms with Crippen molar-refractivity contribution in [1.29, 1.82) is 0 Å². The molecule has 0 fully saturated rings. The number of urea groups is 2. The molecule has 4 amide bonds. The van der Waals surface area contributed by atoms with E-state index < -0.39 is 6.03 Å². The molecule has 6 nitrogen and oxygen atoms in total. The molecular formula is C13H28N4O2. The Hall–Kier alpha value is -1.46. The molecule has 0 radical (unpaired) electrons. The SMILES string of the molecule is CCCCNC(=O)N(CCCC)CCCNC(N)=O. The summed E-state index contributed by atoms with van der Waals surface area (Å²) in [5.74, 6) is 0. The van der Waals surface area contributed by atoms with Gasteiger partial charge in [0.25, 0.3) is 0 Å². The zero-order valence-electron chi connectivity index (χ0n) is 12.2. The molecule has 0 atom stereocenters. The van der Waals surface area contributed by atoms with Gasteiger partial charge in [-0.15, -0.1) is 0 Å². The summed E-state index contributed by atoms with van der Waals surface area (Å²) in [4.78, 5) is 24.3. The molecule has 0 bridgehead atoms. The first-order chi connectivity index (χ1) is 9.11. The third-order valence-corrected chi connectivity index (χ3v) is 2.78. The van der Waals surface area contributed by atoms with Crippen LogP contribution in [0.4, 0.5) is 9.59 Å². The van der Waals surface area contributed by atoms with E-state index in [1.165, 1.54) is 0 Å². The minimum atomic E-state index is -0.521. The number of hydrogen-bond acceptors (Lipinski definition) is 2. The highest BCUT2D eigenvalue weighted by Crippen LogP contribution is 1.98. The summed E-state index contributed by atoms with van der Waals surface area (Å²) in [5, 5.41) is 5.45. The van der Waals surface area contributed by atoms with Crippen LogP contribution in [0.3, 0.4) is 0 Å². The predicted molar refractivity (Wildman–Crippen MR) is 77.0 cm³/mol. The van der Waals surface area contributed by atoms with Crippen LogP contribution in [0, 0.1) is 0 Å². The largest absolute Gasteiger partial charge is 0.352 e. The zero-order chi connectivity index (χ0) is 14.5. The lowest BCUT2D eigenvalue weighted by atomic mass is 10.3. The smallest absolute Gasteiger partial charge is 0.317 e. The van der Waals surface area contributed by atoms with Gasteiger partial charge in [0.15, 0.2) is 0 Å². The molecular weight excluding hydrogens is 244 g/mol. The number of hydrogen-bond donors (Lipinski definition) is 3. The molecule has 0 aromatic carbocycles. The van der Waals surface area contributed by atoms with E-state index in [1.807, 2.05) is 4.90 Å². The van der Waals surface area contributed by atoms with Crippen molar-refractivity contribution in [3.63, 3.8) is 0 Å². The van der Waals surface area contributed by atoms with Crippen LogP contribution in [-0.2, 0) is 0 Å². The molecule has 112 valence electrons. The number of carbonyl (C=O) groups excluding carboxylic acids is 2. The highest BCUT2D eigenvalue weighted by Gasteiger charge is 2.11. The lowest BCUT2D eigenvalue weighted by Gasteiger charge is -2.23. The van der Waals surface area contributed by atoms with Gasteiger partial charge in [-0.25, -0.2) is 9.59 Å². The van der Waals surface area contributed by atoms with E-state index in [1.54, 1.807) is 0 Å². The quantitative estimate of drug-likeness (QED) is 0.528. The average molecular weight is 272 g/mol. The maximum absolute atomic E-state index is 12.0. The van der Waals surface area contributed by atoms with Gasteiger partial charge in [-0.3, -0.25) is 0 Å². The summed E-state index contributed by atoms with van der Waals surface area (Å²) in [7, 11) is 0. The summed E-state index contributed by atoms with van der Waals surface area (Å²) < 4.78 is 0. The Kier molecular flexibility index (Phi) is 10.7. The monoisotopic (exact) mass is 272 g/mol. The van der Waals surface area contributed by atoms with Crippen LogP contribution in [0.25, 0.3) is 0 Å². The number of unbranched alkanes of at least 4 members (excludes halogenated alkanes) is 2. The maximum atomic E-state index is 12.0. The van der Waals surface area contributed by atoms with Crippen molar-refractivity contribution in [3.05, 3.63) is 0 Å². The molecule has 0 aliphatic carbocycles. The Morgan fingerprint density at radius 1 is 0.947 bits per heavy atom. The molecule has 4 N–H and O–H groups in total. The van der Waals surface area contributed by atoms with Gasteiger partial charge in [0.2, 0.25) is 0 Å². The van der Waals surface area contributed by atoms with E-state index in [-0.39, 0.29) is 6.03 Å². The van der Waals surface area contributed by atoms with Gasteiger partial charge in [-0.05, 0) is 19.3 Å². The zero-order valence-corrected chi connectivity index (χ0v) is 12.2. The number of nitrogens with zero attached hydrogens (tertiary/aromatic N) is 1. The van der Waals surface area contributed by atoms with Gasteiger partial charge in [0, 0.05) is 26.2 Å². The van der Waals surface area contributed by atoms with Crippen molar-refractivity contribution in [2.24, 2.45) is 5.73 Å². The Labute approximate surface area is 116 Å². The fraction of sp³-hybridized carbons (Fsp3) is 0.846. The van der Waals surface area contributed by atoms with Crippen LogP contribution in [0.5, 0.6) is 0 Å². The molecule has 0 unspecified atom stereocenters. The van der Waals surface area contributed by atoms with Crippen LogP contribution in [0.15, 0.2) is 0 Å². The number of nitrogens with one attached hydrogen (secondary N) is 2. The van der Waals surface area contributed by atoms with E-state index in [9.17, 15) is 9.59 Å². The number of carbonyl (C=O) groups is 2. The van der Waals surface area contributed by atoms with Crippen molar-refractivity contribution in [3.8, 4) is 0 Å². The molecule has 0 aliphatic rings. The third kappa shape index (κ3) is 10.2. The van der Waals surface area contributed by atoms with Gasteiger partial charge in [-0.1, -0.05) is 26.7 Å². The molecule has 0 aromatic heterocycles. The Morgan fingerprint density at radius 3 is 2.11 bits per heavy atom.